The first-order valence-electron chi connectivity index (χ1n) is 3.31. The SMILES string of the molecule is C=CCSCC(=O)N1CC1. The number of thioether (sulfide) groups is 1. The molecule has 1 heterocycles. The van der Waals surface area contributed by atoms with Gasteiger partial charge in [0.1, 0.15) is 0 Å². The molecule has 1 amide bonds. The van der Waals surface area contributed by atoms with Crippen LogP contribution in [0.1, 0.15) is 0 Å². The Labute approximate surface area is 65.3 Å². The average molecular weight is 157 g/mol. The standard InChI is InChI=1S/C7H11NOS/c1-2-5-10-6-7(9)8-3-4-8/h2H,1,3-6H2. The fraction of sp³-hybridized carbons (Fsp3) is 0.571. The minimum absolute atomic E-state index is 0.270. The predicted molar refractivity (Wildman–Crippen MR) is 44.1 cm³/mol. The van der Waals surface area contributed by atoms with E-state index >= 15 is 0 Å². The highest BCUT2D eigenvalue weighted by Crippen LogP contribution is 2.08. The van der Waals surface area contributed by atoms with Gasteiger partial charge < -0.3 is 4.90 Å². The molecule has 1 aliphatic heterocycles. The summed E-state index contributed by atoms with van der Waals surface area (Å²) in [7, 11) is 0. The zero-order valence-electron chi connectivity index (χ0n) is 5.88. The lowest BCUT2D eigenvalue weighted by Crippen LogP contribution is -2.12. The minimum atomic E-state index is 0.270. The van der Waals surface area contributed by atoms with Crippen molar-refractivity contribution >= 4 is 17.7 Å². The molecule has 2 nitrogen and oxygen atoms in total. The van der Waals surface area contributed by atoms with Crippen molar-refractivity contribution in [3.8, 4) is 0 Å². The van der Waals surface area contributed by atoms with Crippen molar-refractivity contribution in [3.63, 3.8) is 0 Å². The fourth-order valence-electron chi connectivity index (χ4n) is 0.620. The largest absolute Gasteiger partial charge is 0.338 e. The molecule has 1 aliphatic rings. The second kappa shape index (κ2) is 3.66. The van der Waals surface area contributed by atoms with Crippen LogP contribution in [0.4, 0.5) is 0 Å². The van der Waals surface area contributed by atoms with Gasteiger partial charge in [-0.1, -0.05) is 6.08 Å². The predicted octanol–water partition coefficient (Wildman–Crippen LogP) is 0.748. The summed E-state index contributed by atoms with van der Waals surface area (Å²) in [6.45, 7) is 5.50. The zero-order chi connectivity index (χ0) is 7.40. The average Bonchev–Trinajstić information content (AvgIpc) is 2.69. The van der Waals surface area contributed by atoms with Crippen LogP contribution in [-0.2, 0) is 4.79 Å². The number of carbonyl (C=O) groups excluding carboxylic acids is 1. The van der Waals surface area contributed by atoms with E-state index in [1.807, 2.05) is 11.0 Å². The van der Waals surface area contributed by atoms with Gasteiger partial charge >= 0.3 is 0 Å². The first-order valence-corrected chi connectivity index (χ1v) is 4.46. The molecule has 0 aromatic carbocycles. The summed E-state index contributed by atoms with van der Waals surface area (Å²) in [5, 5.41) is 0. The van der Waals surface area contributed by atoms with Crippen molar-refractivity contribution < 1.29 is 4.79 Å². The van der Waals surface area contributed by atoms with Crippen LogP contribution >= 0.6 is 11.8 Å². The molecular formula is C7H11NOS. The number of hydrogen-bond acceptors (Lipinski definition) is 2. The molecule has 1 fully saturated rings. The normalized spacial score (nSPS) is 15.0. The Hall–Kier alpha value is -0.440. The summed E-state index contributed by atoms with van der Waals surface area (Å²) in [4.78, 5) is 12.8. The van der Waals surface area contributed by atoms with E-state index in [-0.39, 0.29) is 5.91 Å². The van der Waals surface area contributed by atoms with Gasteiger partial charge in [0.25, 0.3) is 0 Å². The quantitative estimate of drug-likeness (QED) is 0.341. The Bertz CT molecular complexity index is 143. The molecule has 0 bridgehead atoms. The van der Waals surface area contributed by atoms with Crippen LogP contribution in [0.15, 0.2) is 12.7 Å². The van der Waals surface area contributed by atoms with Crippen LogP contribution in [-0.4, -0.2) is 35.4 Å². The third-order valence-electron chi connectivity index (χ3n) is 1.26. The van der Waals surface area contributed by atoms with E-state index in [0.717, 1.165) is 18.8 Å². The van der Waals surface area contributed by atoms with Crippen molar-refractivity contribution in [3.05, 3.63) is 12.7 Å². The van der Waals surface area contributed by atoms with Crippen LogP contribution in [0.25, 0.3) is 0 Å². The molecule has 0 radical (unpaired) electrons. The molecule has 0 N–H and O–H groups in total. The molecule has 0 aromatic rings. The maximum Gasteiger partial charge on any atom is 0.232 e. The minimum Gasteiger partial charge on any atom is -0.338 e. The van der Waals surface area contributed by atoms with E-state index < -0.39 is 0 Å². The van der Waals surface area contributed by atoms with Crippen molar-refractivity contribution in [2.24, 2.45) is 0 Å². The number of hydrogen-bond donors (Lipinski definition) is 0. The highest BCUT2D eigenvalue weighted by molar-refractivity contribution is 8.00. The summed E-state index contributed by atoms with van der Waals surface area (Å²) in [6, 6.07) is 0. The molecule has 0 atom stereocenters. The van der Waals surface area contributed by atoms with Crippen molar-refractivity contribution in [1.29, 1.82) is 0 Å². The van der Waals surface area contributed by atoms with Crippen molar-refractivity contribution in [2.45, 2.75) is 0 Å². The Morgan fingerprint density at radius 3 is 2.90 bits per heavy atom. The van der Waals surface area contributed by atoms with E-state index in [9.17, 15) is 4.79 Å². The number of carbonyl (C=O) groups is 1. The van der Waals surface area contributed by atoms with Gasteiger partial charge in [-0.15, -0.1) is 18.3 Å². The Morgan fingerprint density at radius 2 is 2.40 bits per heavy atom. The number of amides is 1. The molecule has 0 saturated carbocycles. The molecule has 0 aromatic heterocycles. The van der Waals surface area contributed by atoms with Gasteiger partial charge in [0.05, 0.1) is 5.75 Å². The maximum atomic E-state index is 11.0. The Balaban J connectivity index is 2.00. The number of nitrogens with zero attached hydrogens (tertiary/aromatic N) is 1. The van der Waals surface area contributed by atoms with Crippen molar-refractivity contribution in [1.82, 2.24) is 4.90 Å². The molecule has 0 spiro atoms. The van der Waals surface area contributed by atoms with Gasteiger partial charge in [-0.3, -0.25) is 4.79 Å². The Kier molecular flexibility index (Phi) is 2.81. The molecular weight excluding hydrogens is 146 g/mol. The Morgan fingerprint density at radius 1 is 1.70 bits per heavy atom. The van der Waals surface area contributed by atoms with E-state index in [2.05, 4.69) is 6.58 Å². The van der Waals surface area contributed by atoms with Crippen LogP contribution in [0.2, 0.25) is 0 Å². The second-order valence-corrected chi connectivity index (χ2v) is 3.21. The lowest BCUT2D eigenvalue weighted by atomic mass is 10.7. The highest BCUT2D eigenvalue weighted by Gasteiger charge is 2.22. The first-order chi connectivity index (χ1) is 4.84. The molecule has 0 aliphatic carbocycles. The van der Waals surface area contributed by atoms with Gasteiger partial charge in [0.2, 0.25) is 5.91 Å². The van der Waals surface area contributed by atoms with Crippen LogP contribution in [0.3, 0.4) is 0 Å². The van der Waals surface area contributed by atoms with E-state index in [1.165, 1.54) is 0 Å². The first kappa shape index (κ1) is 7.66. The molecule has 10 heavy (non-hydrogen) atoms. The molecule has 56 valence electrons. The highest BCUT2D eigenvalue weighted by atomic mass is 32.2. The fourth-order valence-corrected chi connectivity index (χ4v) is 1.26. The summed E-state index contributed by atoms with van der Waals surface area (Å²) in [6.07, 6.45) is 1.82. The third kappa shape index (κ3) is 2.43. The molecule has 1 rings (SSSR count). The molecule has 0 unspecified atom stereocenters. The van der Waals surface area contributed by atoms with Gasteiger partial charge in [0, 0.05) is 18.8 Å². The monoisotopic (exact) mass is 157 g/mol. The lowest BCUT2D eigenvalue weighted by molar-refractivity contribution is -0.123. The van der Waals surface area contributed by atoms with E-state index in [4.69, 9.17) is 0 Å². The topological polar surface area (TPSA) is 20.1 Å². The van der Waals surface area contributed by atoms with Gasteiger partial charge in [-0.25, -0.2) is 0 Å². The van der Waals surface area contributed by atoms with Crippen LogP contribution < -0.4 is 0 Å². The van der Waals surface area contributed by atoms with Crippen LogP contribution in [0.5, 0.6) is 0 Å². The lowest BCUT2D eigenvalue weighted by Gasteiger charge is -1.97. The summed E-state index contributed by atoms with van der Waals surface area (Å²) < 4.78 is 0. The van der Waals surface area contributed by atoms with E-state index in [0.29, 0.717) is 5.75 Å². The number of rotatable bonds is 4. The molecule has 3 heteroatoms. The zero-order valence-corrected chi connectivity index (χ0v) is 6.69. The van der Waals surface area contributed by atoms with Crippen molar-refractivity contribution in [2.75, 3.05) is 24.6 Å². The van der Waals surface area contributed by atoms with E-state index in [1.54, 1.807) is 11.8 Å². The smallest absolute Gasteiger partial charge is 0.232 e. The summed E-state index contributed by atoms with van der Waals surface area (Å²) in [5.41, 5.74) is 0. The van der Waals surface area contributed by atoms with Gasteiger partial charge in [0.15, 0.2) is 0 Å². The van der Waals surface area contributed by atoms with Gasteiger partial charge in [-0.2, -0.15) is 0 Å². The summed E-state index contributed by atoms with van der Waals surface area (Å²) in [5.74, 6) is 1.76. The molecule has 1 saturated heterocycles. The van der Waals surface area contributed by atoms with Crippen LogP contribution in [0, 0.1) is 0 Å². The third-order valence-corrected chi connectivity index (χ3v) is 2.18. The summed E-state index contributed by atoms with van der Waals surface area (Å²) >= 11 is 1.62. The second-order valence-electron chi connectivity index (χ2n) is 2.18. The van der Waals surface area contributed by atoms with Gasteiger partial charge in [-0.05, 0) is 0 Å². The maximum absolute atomic E-state index is 11.0.